The lowest BCUT2D eigenvalue weighted by molar-refractivity contribution is 0.123. The minimum atomic E-state index is -0.353. The molecule has 0 bridgehead atoms. The van der Waals surface area contributed by atoms with Crippen molar-refractivity contribution in [3.05, 3.63) is 22.7 Å². The summed E-state index contributed by atoms with van der Waals surface area (Å²) < 4.78 is 11.3. The largest absolute Gasteiger partial charge is 0.490 e. The maximum Gasteiger partial charge on any atom is 0.179 e. The monoisotopic (exact) mass is 329 g/mol. The van der Waals surface area contributed by atoms with Gasteiger partial charge in [0.05, 0.1) is 24.3 Å². The number of aliphatic hydroxyl groups is 1. The van der Waals surface area contributed by atoms with E-state index in [1.54, 1.807) is 0 Å². The molecule has 1 unspecified atom stereocenters. The molecule has 22 heavy (non-hydrogen) atoms. The molecule has 2 N–H and O–H groups in total. The van der Waals surface area contributed by atoms with Crippen molar-refractivity contribution in [2.75, 3.05) is 19.8 Å². The maximum atomic E-state index is 9.81. The van der Waals surface area contributed by atoms with Crippen molar-refractivity contribution in [3.8, 4) is 11.5 Å². The van der Waals surface area contributed by atoms with Gasteiger partial charge in [-0.05, 0) is 37.0 Å². The molecule has 0 aliphatic rings. The van der Waals surface area contributed by atoms with Crippen molar-refractivity contribution in [1.82, 2.24) is 5.32 Å². The molecule has 1 aromatic rings. The molecule has 0 saturated carbocycles. The number of ether oxygens (including phenoxy) is 2. The Labute approximate surface area is 138 Å². The summed E-state index contributed by atoms with van der Waals surface area (Å²) in [5.41, 5.74) is 1.01. The molecule has 0 amide bonds. The number of benzene rings is 1. The highest BCUT2D eigenvalue weighted by Crippen LogP contribution is 2.36. The molecule has 1 aromatic carbocycles. The van der Waals surface area contributed by atoms with Gasteiger partial charge in [0.15, 0.2) is 11.5 Å². The Morgan fingerprint density at radius 1 is 1.23 bits per heavy atom. The molecule has 0 saturated heterocycles. The summed E-state index contributed by atoms with van der Waals surface area (Å²) in [5, 5.41) is 13.6. The van der Waals surface area contributed by atoms with Gasteiger partial charge in [0.25, 0.3) is 0 Å². The van der Waals surface area contributed by atoms with Crippen LogP contribution in [0.25, 0.3) is 0 Å². The van der Waals surface area contributed by atoms with Crippen molar-refractivity contribution in [3.63, 3.8) is 0 Å². The fraction of sp³-hybridized carbons (Fsp3) is 0.647. The van der Waals surface area contributed by atoms with E-state index in [9.17, 15) is 5.11 Å². The second-order valence-corrected chi connectivity index (χ2v) is 6.04. The molecule has 0 aromatic heterocycles. The molecule has 0 aliphatic carbocycles. The van der Waals surface area contributed by atoms with Gasteiger partial charge < -0.3 is 19.9 Å². The first kappa shape index (κ1) is 19.1. The van der Waals surface area contributed by atoms with Crippen molar-refractivity contribution in [2.24, 2.45) is 5.92 Å². The van der Waals surface area contributed by atoms with Crippen LogP contribution in [-0.2, 0) is 6.54 Å². The quantitative estimate of drug-likeness (QED) is 0.688. The third-order valence-electron chi connectivity index (χ3n) is 3.27. The van der Waals surface area contributed by atoms with E-state index in [4.69, 9.17) is 21.1 Å². The first-order valence-corrected chi connectivity index (χ1v) is 8.34. The number of nitrogens with one attached hydrogen (secondary N) is 1. The minimum Gasteiger partial charge on any atom is -0.490 e. The zero-order chi connectivity index (χ0) is 16.5. The molecule has 0 radical (unpaired) electrons. The number of rotatable bonds is 10. The molecule has 4 nitrogen and oxygen atoms in total. The average Bonchev–Trinajstić information content (AvgIpc) is 2.46. The molecular weight excluding hydrogens is 302 g/mol. The van der Waals surface area contributed by atoms with E-state index in [0.717, 1.165) is 12.0 Å². The zero-order valence-electron chi connectivity index (χ0n) is 14.0. The van der Waals surface area contributed by atoms with E-state index < -0.39 is 0 Å². The van der Waals surface area contributed by atoms with E-state index in [1.807, 2.05) is 39.8 Å². The Morgan fingerprint density at radius 3 is 2.55 bits per heavy atom. The maximum absolute atomic E-state index is 9.81. The number of hydrogen-bond donors (Lipinski definition) is 2. The Morgan fingerprint density at radius 2 is 1.95 bits per heavy atom. The van der Waals surface area contributed by atoms with Gasteiger partial charge in [-0.2, -0.15) is 0 Å². The lowest BCUT2D eigenvalue weighted by Crippen LogP contribution is -2.30. The highest BCUT2D eigenvalue weighted by atomic mass is 35.5. The van der Waals surface area contributed by atoms with Crippen LogP contribution in [0.2, 0.25) is 5.02 Å². The number of halogens is 1. The summed E-state index contributed by atoms with van der Waals surface area (Å²) in [5.74, 6) is 1.51. The summed E-state index contributed by atoms with van der Waals surface area (Å²) in [4.78, 5) is 0. The van der Waals surface area contributed by atoms with Crippen molar-refractivity contribution in [1.29, 1.82) is 0 Å². The summed E-state index contributed by atoms with van der Waals surface area (Å²) in [6.45, 7) is 10.3. The molecule has 0 fully saturated rings. The molecule has 0 aliphatic heterocycles. The second-order valence-electron chi connectivity index (χ2n) is 5.63. The van der Waals surface area contributed by atoms with Gasteiger partial charge in [0.1, 0.15) is 0 Å². The van der Waals surface area contributed by atoms with Gasteiger partial charge in [-0.25, -0.2) is 0 Å². The van der Waals surface area contributed by atoms with Crippen molar-refractivity contribution >= 4 is 11.6 Å². The van der Waals surface area contributed by atoms with Crippen LogP contribution in [0.3, 0.4) is 0 Å². The molecule has 1 rings (SSSR count). The molecule has 126 valence electrons. The summed E-state index contributed by atoms with van der Waals surface area (Å²) >= 11 is 6.32. The van der Waals surface area contributed by atoms with Crippen LogP contribution in [0.5, 0.6) is 11.5 Å². The molecule has 5 heteroatoms. The normalized spacial score (nSPS) is 12.5. The van der Waals surface area contributed by atoms with Crippen LogP contribution in [0.15, 0.2) is 12.1 Å². The Hall–Kier alpha value is -0.970. The highest BCUT2D eigenvalue weighted by Gasteiger charge is 2.13. The van der Waals surface area contributed by atoms with Gasteiger partial charge in [-0.3, -0.25) is 0 Å². The summed E-state index contributed by atoms with van der Waals surface area (Å²) in [7, 11) is 0. The van der Waals surface area contributed by atoms with Crippen LogP contribution < -0.4 is 14.8 Å². The van der Waals surface area contributed by atoms with Gasteiger partial charge >= 0.3 is 0 Å². The smallest absolute Gasteiger partial charge is 0.179 e. The van der Waals surface area contributed by atoms with Gasteiger partial charge in [0.2, 0.25) is 0 Å². The number of aliphatic hydroxyl groups excluding tert-OH is 1. The predicted molar refractivity (Wildman–Crippen MR) is 91.0 cm³/mol. The standard InChI is InChI=1S/C17H28ClNO3/c1-5-7-22-17-14(18)8-13(9-16(17)21-6-2)10-19-11-15(20)12(3)4/h8-9,12,15,19-20H,5-7,10-11H2,1-4H3. The van der Waals surface area contributed by atoms with Crippen LogP contribution in [-0.4, -0.2) is 31.0 Å². The first-order valence-electron chi connectivity index (χ1n) is 7.96. The SMILES string of the molecule is CCCOc1c(Cl)cc(CNCC(O)C(C)C)cc1OCC. The topological polar surface area (TPSA) is 50.7 Å². The van der Waals surface area contributed by atoms with E-state index in [-0.39, 0.29) is 12.0 Å². The molecular formula is C17H28ClNO3. The lowest BCUT2D eigenvalue weighted by atomic mass is 10.1. The molecule has 1 atom stereocenters. The van der Waals surface area contributed by atoms with Gasteiger partial charge in [0, 0.05) is 13.1 Å². The third-order valence-corrected chi connectivity index (χ3v) is 3.55. The van der Waals surface area contributed by atoms with E-state index in [1.165, 1.54) is 0 Å². The number of hydrogen-bond acceptors (Lipinski definition) is 4. The van der Waals surface area contributed by atoms with Crippen LogP contribution >= 0.6 is 11.6 Å². The minimum absolute atomic E-state index is 0.236. The summed E-state index contributed by atoms with van der Waals surface area (Å²) in [6, 6.07) is 3.82. The molecule has 0 spiro atoms. The van der Waals surface area contributed by atoms with E-state index in [0.29, 0.717) is 42.8 Å². The Balaban J connectivity index is 2.75. The second kappa shape index (κ2) is 9.93. The fourth-order valence-electron chi connectivity index (χ4n) is 1.93. The van der Waals surface area contributed by atoms with E-state index >= 15 is 0 Å². The summed E-state index contributed by atoms with van der Waals surface area (Å²) in [6.07, 6.45) is 0.562. The van der Waals surface area contributed by atoms with Crippen LogP contribution in [0.1, 0.15) is 39.7 Å². The molecule has 0 heterocycles. The predicted octanol–water partition coefficient (Wildman–Crippen LogP) is 3.63. The van der Waals surface area contributed by atoms with Crippen LogP contribution in [0.4, 0.5) is 0 Å². The third kappa shape index (κ3) is 6.03. The Bertz CT molecular complexity index is 452. The van der Waals surface area contributed by atoms with Gasteiger partial charge in [-0.1, -0.05) is 32.4 Å². The van der Waals surface area contributed by atoms with Crippen LogP contribution in [0, 0.1) is 5.92 Å². The van der Waals surface area contributed by atoms with Crippen molar-refractivity contribution in [2.45, 2.75) is 46.8 Å². The lowest BCUT2D eigenvalue weighted by Gasteiger charge is -2.17. The van der Waals surface area contributed by atoms with E-state index in [2.05, 4.69) is 5.32 Å². The average molecular weight is 330 g/mol. The zero-order valence-corrected chi connectivity index (χ0v) is 14.7. The fourth-order valence-corrected chi connectivity index (χ4v) is 2.22. The van der Waals surface area contributed by atoms with Crippen molar-refractivity contribution < 1.29 is 14.6 Å². The Kier molecular flexibility index (Phi) is 8.61. The van der Waals surface area contributed by atoms with Gasteiger partial charge in [-0.15, -0.1) is 0 Å². The first-order chi connectivity index (χ1) is 10.5. The highest BCUT2D eigenvalue weighted by molar-refractivity contribution is 6.32.